The van der Waals surface area contributed by atoms with Crippen molar-refractivity contribution in [2.24, 2.45) is 5.73 Å². The molecular formula is C35H46N4O5. The topological polar surface area (TPSA) is 131 Å². The van der Waals surface area contributed by atoms with Gasteiger partial charge < -0.3 is 26.0 Å². The van der Waals surface area contributed by atoms with Gasteiger partial charge in [0.1, 0.15) is 17.7 Å². The molecule has 3 aromatic carbocycles. The third-order valence-electron chi connectivity index (χ3n) is 7.17. The van der Waals surface area contributed by atoms with E-state index in [1.807, 2.05) is 73.7 Å². The number of anilines is 1. The molecule has 9 nitrogen and oxygen atoms in total. The predicted molar refractivity (Wildman–Crippen MR) is 174 cm³/mol. The Morgan fingerprint density at radius 2 is 1.59 bits per heavy atom. The van der Waals surface area contributed by atoms with Gasteiger partial charge in [-0.15, -0.1) is 0 Å². The van der Waals surface area contributed by atoms with E-state index in [4.69, 9.17) is 10.5 Å². The minimum atomic E-state index is -1.13. The molecule has 0 spiro atoms. The molecule has 236 valence electrons. The van der Waals surface area contributed by atoms with Crippen molar-refractivity contribution in [2.75, 3.05) is 11.9 Å². The van der Waals surface area contributed by atoms with E-state index in [0.29, 0.717) is 17.7 Å². The Morgan fingerprint density at radius 1 is 0.909 bits per heavy atom. The average molecular weight is 603 g/mol. The zero-order valence-corrected chi connectivity index (χ0v) is 26.5. The molecule has 0 aromatic heterocycles. The number of ether oxygens (including phenoxy) is 1. The largest absolute Gasteiger partial charge is 0.444 e. The second-order valence-corrected chi connectivity index (χ2v) is 12.2. The molecule has 3 aromatic rings. The number of carbonyl (C=O) groups is 4. The van der Waals surface area contributed by atoms with Crippen LogP contribution in [0.2, 0.25) is 0 Å². The van der Waals surface area contributed by atoms with Crippen molar-refractivity contribution in [2.45, 2.75) is 90.8 Å². The molecule has 0 aliphatic heterocycles. The van der Waals surface area contributed by atoms with Crippen LogP contribution >= 0.6 is 0 Å². The Labute approximate surface area is 260 Å². The molecule has 0 aliphatic rings. The standard InChI is InChI=1S/C35H46N4O5/c1-6-7-8-11-22-39(33(42)29(20-21-30(36)40)38-34(43)44-35(3,4)5)31(26-16-14-24(2)15-17-26)32(41)37-28-19-18-25-12-9-10-13-27(25)23-28/h9-10,12-19,23,29,31H,6-8,11,20-22H2,1-5H3,(H2,36,40)(H,37,41)(H,38,43). The Kier molecular flexibility index (Phi) is 12.3. The lowest BCUT2D eigenvalue weighted by molar-refractivity contribution is -0.141. The molecule has 0 radical (unpaired) electrons. The number of carbonyl (C=O) groups excluding carboxylic acids is 4. The molecule has 0 saturated carbocycles. The van der Waals surface area contributed by atoms with Gasteiger partial charge in [-0.05, 0) is 69.0 Å². The van der Waals surface area contributed by atoms with Crippen LogP contribution in [-0.2, 0) is 19.1 Å². The summed E-state index contributed by atoms with van der Waals surface area (Å²) in [6, 6.07) is 18.9. The molecule has 0 saturated heterocycles. The maximum Gasteiger partial charge on any atom is 0.408 e. The maximum atomic E-state index is 14.4. The highest BCUT2D eigenvalue weighted by atomic mass is 16.6. The number of alkyl carbamates (subject to hydrolysis) is 1. The van der Waals surface area contributed by atoms with Gasteiger partial charge in [0.05, 0.1) is 0 Å². The molecule has 0 aliphatic carbocycles. The summed E-state index contributed by atoms with van der Waals surface area (Å²) in [4.78, 5) is 54.6. The van der Waals surface area contributed by atoms with Gasteiger partial charge in [0.25, 0.3) is 5.91 Å². The monoisotopic (exact) mass is 602 g/mol. The van der Waals surface area contributed by atoms with Gasteiger partial charge in [-0.2, -0.15) is 0 Å². The van der Waals surface area contributed by atoms with Gasteiger partial charge in [0.15, 0.2) is 0 Å². The van der Waals surface area contributed by atoms with E-state index in [0.717, 1.165) is 35.6 Å². The number of nitrogens with one attached hydrogen (secondary N) is 2. The van der Waals surface area contributed by atoms with Crippen molar-refractivity contribution in [3.63, 3.8) is 0 Å². The molecule has 44 heavy (non-hydrogen) atoms. The van der Waals surface area contributed by atoms with Crippen LogP contribution in [0.25, 0.3) is 10.8 Å². The van der Waals surface area contributed by atoms with E-state index < -0.39 is 35.6 Å². The van der Waals surface area contributed by atoms with Gasteiger partial charge in [0.2, 0.25) is 11.8 Å². The molecule has 4 N–H and O–H groups in total. The van der Waals surface area contributed by atoms with Crippen LogP contribution < -0.4 is 16.4 Å². The molecule has 9 heteroatoms. The summed E-state index contributed by atoms with van der Waals surface area (Å²) in [6.07, 6.45) is 2.53. The second-order valence-electron chi connectivity index (χ2n) is 12.2. The summed E-state index contributed by atoms with van der Waals surface area (Å²) in [5.74, 6) is -1.49. The molecule has 0 fully saturated rings. The Hall–Kier alpha value is -4.40. The molecule has 2 unspecified atom stereocenters. The number of aryl methyl sites for hydroxylation is 1. The fourth-order valence-corrected chi connectivity index (χ4v) is 4.97. The Balaban J connectivity index is 2.03. The number of amides is 4. The number of fused-ring (bicyclic) bond motifs is 1. The van der Waals surface area contributed by atoms with Crippen molar-refractivity contribution in [1.29, 1.82) is 0 Å². The van der Waals surface area contributed by atoms with Crippen LogP contribution in [0.4, 0.5) is 10.5 Å². The Morgan fingerprint density at radius 3 is 2.23 bits per heavy atom. The lowest BCUT2D eigenvalue weighted by atomic mass is 9.99. The van der Waals surface area contributed by atoms with Crippen LogP contribution in [-0.4, -0.2) is 46.9 Å². The second kappa shape index (κ2) is 15.9. The minimum absolute atomic E-state index is 0.0359. The number of hydrogen-bond donors (Lipinski definition) is 3. The fraction of sp³-hybridized carbons (Fsp3) is 0.429. The number of unbranched alkanes of at least 4 members (excludes halogenated alkanes) is 3. The molecule has 4 amide bonds. The van der Waals surface area contributed by atoms with Crippen LogP contribution in [0.3, 0.4) is 0 Å². The summed E-state index contributed by atoms with van der Waals surface area (Å²) < 4.78 is 5.42. The first-order chi connectivity index (χ1) is 20.9. The van der Waals surface area contributed by atoms with Gasteiger partial charge in [-0.25, -0.2) is 4.79 Å². The van der Waals surface area contributed by atoms with Crippen molar-refractivity contribution in [3.05, 3.63) is 77.9 Å². The van der Waals surface area contributed by atoms with Gasteiger partial charge >= 0.3 is 6.09 Å². The zero-order chi connectivity index (χ0) is 32.3. The quantitative estimate of drug-likeness (QED) is 0.184. The van der Waals surface area contributed by atoms with Gasteiger partial charge in [-0.3, -0.25) is 14.4 Å². The highest BCUT2D eigenvalue weighted by Crippen LogP contribution is 2.27. The van der Waals surface area contributed by atoms with Gasteiger partial charge in [-0.1, -0.05) is 86.3 Å². The van der Waals surface area contributed by atoms with Crippen molar-refractivity contribution in [3.8, 4) is 0 Å². The van der Waals surface area contributed by atoms with E-state index in [2.05, 4.69) is 17.6 Å². The first-order valence-electron chi connectivity index (χ1n) is 15.3. The summed E-state index contributed by atoms with van der Waals surface area (Å²) in [7, 11) is 0. The normalized spacial score (nSPS) is 12.7. The number of nitrogens with zero attached hydrogens (tertiary/aromatic N) is 1. The number of nitrogens with two attached hydrogens (primary N) is 1. The van der Waals surface area contributed by atoms with Gasteiger partial charge in [0, 0.05) is 18.7 Å². The number of benzene rings is 3. The maximum absolute atomic E-state index is 14.4. The number of primary amides is 1. The first-order valence-corrected chi connectivity index (χ1v) is 15.3. The summed E-state index contributed by atoms with van der Waals surface area (Å²) in [5.41, 5.74) is 6.86. The summed E-state index contributed by atoms with van der Waals surface area (Å²) >= 11 is 0. The van der Waals surface area contributed by atoms with Crippen molar-refractivity contribution >= 4 is 40.3 Å². The van der Waals surface area contributed by atoms with E-state index >= 15 is 0 Å². The molecule has 0 heterocycles. The third kappa shape index (κ3) is 10.4. The highest BCUT2D eigenvalue weighted by Gasteiger charge is 2.36. The number of hydrogen-bond acceptors (Lipinski definition) is 5. The summed E-state index contributed by atoms with van der Waals surface area (Å²) in [6.45, 7) is 9.48. The van der Waals surface area contributed by atoms with E-state index in [1.165, 1.54) is 4.90 Å². The highest BCUT2D eigenvalue weighted by molar-refractivity contribution is 6.00. The zero-order valence-electron chi connectivity index (χ0n) is 26.5. The SMILES string of the molecule is CCCCCCN(C(=O)C(CCC(N)=O)NC(=O)OC(C)(C)C)C(C(=O)Nc1ccc2ccccc2c1)c1ccc(C)cc1. The smallest absolute Gasteiger partial charge is 0.408 e. The van der Waals surface area contributed by atoms with E-state index in [1.54, 1.807) is 20.8 Å². The Bertz CT molecular complexity index is 1430. The van der Waals surface area contributed by atoms with Crippen LogP contribution in [0, 0.1) is 6.92 Å². The third-order valence-corrected chi connectivity index (χ3v) is 7.17. The fourth-order valence-electron chi connectivity index (χ4n) is 4.97. The summed E-state index contributed by atoms with van der Waals surface area (Å²) in [5, 5.41) is 7.68. The van der Waals surface area contributed by atoms with Crippen LogP contribution in [0.1, 0.15) is 83.4 Å². The van der Waals surface area contributed by atoms with E-state index in [-0.39, 0.29) is 25.3 Å². The lowest BCUT2D eigenvalue weighted by Crippen LogP contribution is -2.52. The van der Waals surface area contributed by atoms with Crippen molar-refractivity contribution in [1.82, 2.24) is 10.2 Å². The number of rotatable bonds is 14. The molecule has 2 atom stereocenters. The average Bonchev–Trinajstić information content (AvgIpc) is 2.96. The first kappa shape index (κ1) is 34.1. The minimum Gasteiger partial charge on any atom is -0.444 e. The van der Waals surface area contributed by atoms with Crippen LogP contribution in [0.15, 0.2) is 66.7 Å². The van der Waals surface area contributed by atoms with E-state index in [9.17, 15) is 19.2 Å². The van der Waals surface area contributed by atoms with Crippen LogP contribution in [0.5, 0.6) is 0 Å². The lowest BCUT2D eigenvalue weighted by Gasteiger charge is -2.34. The molecular weight excluding hydrogens is 556 g/mol. The predicted octanol–water partition coefficient (Wildman–Crippen LogP) is 6.40. The van der Waals surface area contributed by atoms with Crippen molar-refractivity contribution < 1.29 is 23.9 Å². The molecule has 3 rings (SSSR count). The molecule has 0 bridgehead atoms.